The number of anilines is 1. The van der Waals surface area contributed by atoms with Crippen LogP contribution in [-0.4, -0.2) is 62.4 Å². The number of nitrogens with zero attached hydrogens (tertiary/aromatic N) is 2. The summed E-state index contributed by atoms with van der Waals surface area (Å²) in [5, 5.41) is 3.40. The van der Waals surface area contributed by atoms with Gasteiger partial charge < -0.3 is 10.2 Å². The van der Waals surface area contributed by atoms with Crippen molar-refractivity contribution in [1.82, 2.24) is 9.62 Å². The predicted octanol–water partition coefficient (Wildman–Crippen LogP) is 1.70. The molecule has 0 bridgehead atoms. The summed E-state index contributed by atoms with van der Waals surface area (Å²) in [7, 11) is -3.47. The second-order valence-corrected chi connectivity index (χ2v) is 9.69. The first-order valence-corrected chi connectivity index (χ1v) is 11.8. The predicted molar refractivity (Wildman–Crippen MR) is 106 cm³/mol. The number of hydrogen-bond acceptors (Lipinski definition) is 5. The van der Waals surface area contributed by atoms with E-state index >= 15 is 0 Å². The number of carbonyl (C=O) groups excluding carboxylic acids is 1. The van der Waals surface area contributed by atoms with Gasteiger partial charge in [-0.1, -0.05) is 13.8 Å². The lowest BCUT2D eigenvalue weighted by atomic mass is 10.1. The number of carbonyl (C=O) groups is 1. The maximum absolute atomic E-state index is 12.7. The number of sulfonamides is 1. The second kappa shape index (κ2) is 8.29. The van der Waals surface area contributed by atoms with Gasteiger partial charge in [-0.2, -0.15) is 16.1 Å². The van der Waals surface area contributed by atoms with E-state index in [1.807, 2.05) is 30.5 Å². The lowest BCUT2D eigenvalue weighted by Crippen LogP contribution is -2.42. The summed E-state index contributed by atoms with van der Waals surface area (Å²) < 4.78 is 26.9. The van der Waals surface area contributed by atoms with Crippen molar-refractivity contribution in [3.8, 4) is 0 Å². The van der Waals surface area contributed by atoms with Gasteiger partial charge in [0, 0.05) is 55.8 Å². The van der Waals surface area contributed by atoms with Gasteiger partial charge in [-0.15, -0.1) is 0 Å². The molecule has 1 atom stereocenters. The van der Waals surface area contributed by atoms with Gasteiger partial charge >= 0.3 is 0 Å². The van der Waals surface area contributed by atoms with E-state index in [9.17, 15) is 13.2 Å². The number of fused-ring (bicyclic) bond motifs is 1. The molecular formula is C18H27N3O3S2. The first-order valence-electron chi connectivity index (χ1n) is 9.22. The van der Waals surface area contributed by atoms with Gasteiger partial charge in [0.05, 0.1) is 4.90 Å². The van der Waals surface area contributed by atoms with Crippen molar-refractivity contribution in [3.63, 3.8) is 0 Å². The number of thioether (sulfide) groups is 1. The highest BCUT2D eigenvalue weighted by Crippen LogP contribution is 2.32. The molecule has 2 aliphatic rings. The van der Waals surface area contributed by atoms with E-state index in [-0.39, 0.29) is 11.9 Å². The van der Waals surface area contributed by atoms with Crippen LogP contribution in [0.3, 0.4) is 0 Å². The Balaban J connectivity index is 1.76. The third kappa shape index (κ3) is 3.93. The SMILES string of the molecule is CCN(CC)S(=O)(=O)c1ccc2c(c1)CCN2C(=O)CC1CSCCN1. The third-order valence-corrected chi connectivity index (χ3v) is 8.19. The van der Waals surface area contributed by atoms with Crippen LogP contribution >= 0.6 is 11.8 Å². The second-order valence-electron chi connectivity index (χ2n) is 6.61. The fourth-order valence-electron chi connectivity index (χ4n) is 3.58. The molecule has 1 fully saturated rings. The molecule has 144 valence electrons. The van der Waals surface area contributed by atoms with Crippen LogP contribution in [-0.2, 0) is 21.2 Å². The zero-order chi connectivity index (χ0) is 18.7. The number of amides is 1. The Morgan fingerprint density at radius 1 is 1.35 bits per heavy atom. The summed E-state index contributed by atoms with van der Waals surface area (Å²) in [5.74, 6) is 2.18. The molecule has 26 heavy (non-hydrogen) atoms. The topological polar surface area (TPSA) is 69.7 Å². The number of rotatable bonds is 6. The fraction of sp³-hybridized carbons (Fsp3) is 0.611. The zero-order valence-electron chi connectivity index (χ0n) is 15.4. The molecule has 0 radical (unpaired) electrons. The van der Waals surface area contributed by atoms with Crippen LogP contribution in [0.1, 0.15) is 25.8 Å². The first kappa shape index (κ1) is 19.7. The fourth-order valence-corrected chi connectivity index (χ4v) is 6.04. The summed E-state index contributed by atoms with van der Waals surface area (Å²) in [6.45, 7) is 6.16. The van der Waals surface area contributed by atoms with Gasteiger partial charge in [0.1, 0.15) is 0 Å². The molecule has 8 heteroatoms. The van der Waals surface area contributed by atoms with Gasteiger partial charge in [-0.3, -0.25) is 4.79 Å². The van der Waals surface area contributed by atoms with Gasteiger partial charge in [0.2, 0.25) is 15.9 Å². The lowest BCUT2D eigenvalue weighted by Gasteiger charge is -2.25. The van der Waals surface area contributed by atoms with Crippen LogP contribution in [0.2, 0.25) is 0 Å². The Morgan fingerprint density at radius 2 is 2.12 bits per heavy atom. The molecule has 1 amide bonds. The number of benzene rings is 1. The van der Waals surface area contributed by atoms with Crippen molar-refractivity contribution < 1.29 is 13.2 Å². The Morgan fingerprint density at radius 3 is 2.77 bits per heavy atom. The van der Waals surface area contributed by atoms with E-state index in [0.29, 0.717) is 37.4 Å². The van der Waals surface area contributed by atoms with Crippen molar-refractivity contribution >= 4 is 33.4 Å². The van der Waals surface area contributed by atoms with E-state index in [1.165, 1.54) is 4.31 Å². The molecular weight excluding hydrogens is 370 g/mol. The number of nitrogens with one attached hydrogen (secondary N) is 1. The molecule has 6 nitrogen and oxygen atoms in total. The molecule has 1 unspecified atom stereocenters. The normalized spacial score (nSPS) is 20.4. The number of hydrogen-bond donors (Lipinski definition) is 1. The Bertz CT molecular complexity index is 757. The lowest BCUT2D eigenvalue weighted by molar-refractivity contribution is -0.118. The molecule has 0 aliphatic carbocycles. The van der Waals surface area contributed by atoms with Gasteiger partial charge in [0.15, 0.2) is 0 Å². The van der Waals surface area contributed by atoms with Gasteiger partial charge in [0.25, 0.3) is 0 Å². The van der Waals surface area contributed by atoms with Crippen LogP contribution in [0.4, 0.5) is 5.69 Å². The maximum Gasteiger partial charge on any atom is 0.243 e. The monoisotopic (exact) mass is 397 g/mol. The van der Waals surface area contributed by atoms with E-state index in [1.54, 1.807) is 18.2 Å². The molecule has 2 heterocycles. The summed E-state index contributed by atoms with van der Waals surface area (Å²) in [4.78, 5) is 14.8. The zero-order valence-corrected chi connectivity index (χ0v) is 17.0. The largest absolute Gasteiger partial charge is 0.312 e. The Kier molecular flexibility index (Phi) is 6.27. The molecule has 1 aromatic carbocycles. The Labute approximate surface area is 160 Å². The third-order valence-electron chi connectivity index (χ3n) is 5.01. The summed E-state index contributed by atoms with van der Waals surface area (Å²) in [6, 6.07) is 5.39. The maximum atomic E-state index is 12.7. The van der Waals surface area contributed by atoms with Crippen molar-refractivity contribution in [2.45, 2.75) is 37.6 Å². The van der Waals surface area contributed by atoms with Crippen molar-refractivity contribution in [3.05, 3.63) is 23.8 Å². The van der Waals surface area contributed by atoms with E-state index in [2.05, 4.69) is 5.32 Å². The standard InChI is InChI=1S/C18H27N3O3S2/c1-3-20(4-2)26(23,24)16-5-6-17-14(11-16)7-9-21(17)18(22)12-15-13-25-10-8-19-15/h5-6,11,15,19H,3-4,7-10,12-13H2,1-2H3. The average Bonchev–Trinajstić information content (AvgIpc) is 3.06. The van der Waals surface area contributed by atoms with Crippen molar-refractivity contribution in [2.75, 3.05) is 42.6 Å². The molecule has 1 N–H and O–H groups in total. The van der Waals surface area contributed by atoms with Gasteiger partial charge in [-0.25, -0.2) is 8.42 Å². The van der Waals surface area contributed by atoms with Crippen LogP contribution in [0, 0.1) is 0 Å². The molecule has 0 saturated carbocycles. The van der Waals surface area contributed by atoms with Crippen LogP contribution < -0.4 is 10.2 Å². The highest BCUT2D eigenvalue weighted by atomic mass is 32.2. The average molecular weight is 398 g/mol. The van der Waals surface area contributed by atoms with Crippen molar-refractivity contribution in [1.29, 1.82) is 0 Å². The quantitative estimate of drug-likeness (QED) is 0.791. The summed E-state index contributed by atoms with van der Waals surface area (Å²) in [6.07, 6.45) is 1.20. The molecule has 1 saturated heterocycles. The minimum absolute atomic E-state index is 0.114. The Hall–Kier alpha value is -1.09. The van der Waals surface area contributed by atoms with Crippen LogP contribution in [0.15, 0.2) is 23.1 Å². The molecule has 0 spiro atoms. The minimum Gasteiger partial charge on any atom is -0.312 e. The summed E-state index contributed by atoms with van der Waals surface area (Å²) in [5.41, 5.74) is 1.80. The van der Waals surface area contributed by atoms with E-state index in [4.69, 9.17) is 0 Å². The molecule has 1 aromatic rings. The van der Waals surface area contributed by atoms with E-state index in [0.717, 1.165) is 29.3 Å². The van der Waals surface area contributed by atoms with E-state index < -0.39 is 10.0 Å². The molecule has 0 aromatic heterocycles. The highest BCUT2D eigenvalue weighted by molar-refractivity contribution is 7.99. The minimum atomic E-state index is -3.47. The first-order chi connectivity index (χ1) is 12.5. The van der Waals surface area contributed by atoms with Crippen molar-refractivity contribution in [2.24, 2.45) is 0 Å². The smallest absolute Gasteiger partial charge is 0.243 e. The molecule has 3 rings (SSSR count). The highest BCUT2D eigenvalue weighted by Gasteiger charge is 2.29. The summed E-state index contributed by atoms with van der Waals surface area (Å²) >= 11 is 1.88. The van der Waals surface area contributed by atoms with Crippen LogP contribution in [0.5, 0.6) is 0 Å². The van der Waals surface area contributed by atoms with Gasteiger partial charge in [-0.05, 0) is 30.2 Å². The molecule has 2 aliphatic heterocycles. The van der Waals surface area contributed by atoms with Crippen LogP contribution in [0.25, 0.3) is 0 Å².